The van der Waals surface area contributed by atoms with E-state index in [9.17, 15) is 14.4 Å². The Morgan fingerprint density at radius 1 is 1.53 bits per heavy atom. The number of carbonyl (C=O) groups excluding carboxylic acids is 3. The van der Waals surface area contributed by atoms with Crippen molar-refractivity contribution in [3.63, 3.8) is 0 Å². The maximum Gasteiger partial charge on any atom is 0.347 e. The van der Waals surface area contributed by atoms with Crippen molar-refractivity contribution in [3.05, 3.63) is 12.7 Å². The fraction of sp³-hybridized carbons (Fsp3) is 0.615. The molecule has 1 fully saturated rings. The van der Waals surface area contributed by atoms with Crippen molar-refractivity contribution in [2.24, 2.45) is 5.92 Å². The molecule has 1 saturated heterocycles. The third kappa shape index (κ3) is 4.73. The summed E-state index contributed by atoms with van der Waals surface area (Å²) in [6.45, 7) is 6.89. The lowest BCUT2D eigenvalue weighted by atomic mass is 10.0. The second-order valence-electron chi connectivity index (χ2n) is 4.47. The van der Waals surface area contributed by atoms with Gasteiger partial charge >= 0.3 is 17.9 Å². The molecule has 0 N–H and O–H groups in total. The monoisotopic (exact) mass is 270 g/mol. The van der Waals surface area contributed by atoms with Crippen molar-refractivity contribution in [3.8, 4) is 0 Å². The molecule has 1 aliphatic rings. The number of esters is 3. The van der Waals surface area contributed by atoms with Crippen LogP contribution in [0, 0.1) is 5.92 Å². The minimum absolute atomic E-state index is 0.276. The first-order chi connectivity index (χ1) is 8.93. The number of hydrogen-bond donors (Lipinski definition) is 0. The van der Waals surface area contributed by atoms with Gasteiger partial charge in [-0.1, -0.05) is 13.5 Å². The zero-order chi connectivity index (χ0) is 14.4. The first-order valence-electron chi connectivity index (χ1n) is 6.14. The van der Waals surface area contributed by atoms with E-state index in [4.69, 9.17) is 14.2 Å². The van der Waals surface area contributed by atoms with Crippen molar-refractivity contribution < 1.29 is 28.6 Å². The molecule has 6 heteroatoms. The van der Waals surface area contributed by atoms with Gasteiger partial charge in [-0.25, -0.2) is 9.59 Å². The highest BCUT2D eigenvalue weighted by molar-refractivity contribution is 5.82. The van der Waals surface area contributed by atoms with Crippen LogP contribution in [0.15, 0.2) is 12.7 Å². The normalized spacial score (nSPS) is 21.2. The van der Waals surface area contributed by atoms with Gasteiger partial charge in [-0.05, 0) is 13.3 Å². The Balaban J connectivity index is 2.37. The Bertz CT molecular complexity index is 375. The van der Waals surface area contributed by atoms with Crippen LogP contribution >= 0.6 is 0 Å². The summed E-state index contributed by atoms with van der Waals surface area (Å²) in [7, 11) is 0. The van der Waals surface area contributed by atoms with Crippen LogP contribution in [-0.2, 0) is 28.6 Å². The molecule has 6 nitrogen and oxygen atoms in total. The van der Waals surface area contributed by atoms with Gasteiger partial charge in [0.05, 0.1) is 12.5 Å². The SMILES string of the molecule is C=CC(=O)OC(C)CC(C)C(=O)OC1CCOC1=O. The average Bonchev–Trinajstić information content (AvgIpc) is 2.74. The summed E-state index contributed by atoms with van der Waals surface area (Å²) in [5.41, 5.74) is 0. The van der Waals surface area contributed by atoms with E-state index in [0.717, 1.165) is 6.08 Å². The molecular weight excluding hydrogens is 252 g/mol. The zero-order valence-corrected chi connectivity index (χ0v) is 11.1. The lowest BCUT2D eigenvalue weighted by Crippen LogP contribution is -2.28. The van der Waals surface area contributed by atoms with E-state index in [0.29, 0.717) is 12.8 Å². The van der Waals surface area contributed by atoms with Crippen molar-refractivity contribution in [2.75, 3.05) is 6.61 Å². The van der Waals surface area contributed by atoms with Crippen LogP contribution in [0.5, 0.6) is 0 Å². The van der Waals surface area contributed by atoms with Gasteiger partial charge in [0.1, 0.15) is 6.10 Å². The van der Waals surface area contributed by atoms with E-state index in [1.54, 1.807) is 13.8 Å². The number of rotatable bonds is 6. The van der Waals surface area contributed by atoms with Gasteiger partial charge in [0.25, 0.3) is 0 Å². The minimum atomic E-state index is -0.805. The Kier molecular flexibility index (Phi) is 5.54. The minimum Gasteiger partial charge on any atom is -0.463 e. The van der Waals surface area contributed by atoms with Crippen molar-refractivity contribution in [1.29, 1.82) is 0 Å². The van der Waals surface area contributed by atoms with Gasteiger partial charge in [0.2, 0.25) is 6.10 Å². The summed E-state index contributed by atoms with van der Waals surface area (Å²) in [4.78, 5) is 33.9. The summed E-state index contributed by atoms with van der Waals surface area (Å²) in [5, 5.41) is 0. The molecule has 0 aromatic carbocycles. The standard InChI is InChI=1S/C13H18O6/c1-4-11(14)18-9(3)7-8(2)12(15)19-10-5-6-17-13(10)16/h4,8-10H,1,5-7H2,2-3H3. The molecular formula is C13H18O6. The Morgan fingerprint density at radius 2 is 2.21 bits per heavy atom. The van der Waals surface area contributed by atoms with E-state index in [1.165, 1.54) is 0 Å². The maximum absolute atomic E-state index is 11.7. The highest BCUT2D eigenvalue weighted by Crippen LogP contribution is 2.16. The molecule has 0 radical (unpaired) electrons. The number of cyclic esters (lactones) is 1. The molecule has 106 valence electrons. The molecule has 0 saturated carbocycles. The van der Waals surface area contributed by atoms with Gasteiger partial charge in [0, 0.05) is 12.5 Å². The van der Waals surface area contributed by atoms with E-state index in [-0.39, 0.29) is 6.61 Å². The number of carbonyl (C=O) groups is 3. The summed E-state index contributed by atoms with van der Waals surface area (Å²) in [5.74, 6) is -2.01. The highest BCUT2D eigenvalue weighted by Gasteiger charge is 2.32. The largest absolute Gasteiger partial charge is 0.463 e. The molecule has 0 aromatic rings. The van der Waals surface area contributed by atoms with Crippen LogP contribution in [0.1, 0.15) is 26.7 Å². The van der Waals surface area contributed by atoms with Crippen LogP contribution in [-0.4, -0.2) is 36.7 Å². The molecule has 0 bridgehead atoms. The Morgan fingerprint density at radius 3 is 2.74 bits per heavy atom. The average molecular weight is 270 g/mol. The summed E-state index contributed by atoms with van der Waals surface area (Å²) in [6.07, 6.45) is 0.538. The second kappa shape index (κ2) is 6.92. The quantitative estimate of drug-likeness (QED) is 0.407. The zero-order valence-electron chi connectivity index (χ0n) is 11.1. The molecule has 1 aliphatic heterocycles. The van der Waals surface area contributed by atoms with Gasteiger partial charge in [0.15, 0.2) is 0 Å². The predicted molar refractivity (Wildman–Crippen MR) is 65.0 cm³/mol. The van der Waals surface area contributed by atoms with Crippen LogP contribution in [0.4, 0.5) is 0 Å². The third-order valence-corrected chi connectivity index (χ3v) is 2.72. The molecule has 3 atom stereocenters. The first-order valence-corrected chi connectivity index (χ1v) is 6.14. The number of ether oxygens (including phenoxy) is 3. The molecule has 3 unspecified atom stereocenters. The molecule has 0 spiro atoms. The molecule has 0 amide bonds. The number of hydrogen-bond acceptors (Lipinski definition) is 6. The summed E-state index contributed by atoms with van der Waals surface area (Å²) in [6, 6.07) is 0. The van der Waals surface area contributed by atoms with Gasteiger partial charge in [-0.15, -0.1) is 0 Å². The lowest BCUT2D eigenvalue weighted by Gasteiger charge is -2.17. The van der Waals surface area contributed by atoms with Crippen LogP contribution in [0.3, 0.4) is 0 Å². The Labute approximate surface area is 111 Å². The Hall–Kier alpha value is -1.85. The smallest absolute Gasteiger partial charge is 0.347 e. The molecule has 0 aromatic heterocycles. The van der Waals surface area contributed by atoms with Gasteiger partial charge < -0.3 is 14.2 Å². The fourth-order valence-corrected chi connectivity index (χ4v) is 1.73. The third-order valence-electron chi connectivity index (χ3n) is 2.72. The molecule has 19 heavy (non-hydrogen) atoms. The molecule has 1 rings (SSSR count). The molecule has 0 aliphatic carbocycles. The second-order valence-corrected chi connectivity index (χ2v) is 4.47. The van der Waals surface area contributed by atoms with E-state index in [2.05, 4.69) is 6.58 Å². The van der Waals surface area contributed by atoms with Crippen molar-refractivity contribution in [2.45, 2.75) is 38.9 Å². The van der Waals surface area contributed by atoms with Crippen molar-refractivity contribution >= 4 is 17.9 Å². The maximum atomic E-state index is 11.7. The fourth-order valence-electron chi connectivity index (χ4n) is 1.73. The van der Waals surface area contributed by atoms with E-state index in [1.807, 2.05) is 0 Å². The van der Waals surface area contributed by atoms with Crippen LogP contribution in [0.2, 0.25) is 0 Å². The highest BCUT2D eigenvalue weighted by atomic mass is 16.6. The first kappa shape index (κ1) is 15.2. The van der Waals surface area contributed by atoms with Crippen LogP contribution in [0.25, 0.3) is 0 Å². The van der Waals surface area contributed by atoms with Gasteiger partial charge in [-0.3, -0.25) is 4.79 Å². The van der Waals surface area contributed by atoms with Crippen molar-refractivity contribution in [1.82, 2.24) is 0 Å². The summed E-state index contributed by atoms with van der Waals surface area (Å²) < 4.78 is 14.7. The predicted octanol–water partition coefficient (Wildman–Crippen LogP) is 0.989. The topological polar surface area (TPSA) is 78.9 Å². The van der Waals surface area contributed by atoms with E-state index >= 15 is 0 Å². The summed E-state index contributed by atoms with van der Waals surface area (Å²) >= 11 is 0. The molecule has 1 heterocycles. The van der Waals surface area contributed by atoms with Crippen LogP contribution < -0.4 is 0 Å². The lowest BCUT2D eigenvalue weighted by molar-refractivity contribution is -0.164. The van der Waals surface area contributed by atoms with E-state index < -0.39 is 36.0 Å². The van der Waals surface area contributed by atoms with Gasteiger partial charge in [-0.2, -0.15) is 0 Å².